The maximum atomic E-state index is 12.9. The predicted octanol–water partition coefficient (Wildman–Crippen LogP) is 4.79. The highest BCUT2D eigenvalue weighted by Gasteiger charge is 2.48. The van der Waals surface area contributed by atoms with Crippen LogP contribution in [0.3, 0.4) is 0 Å². The van der Waals surface area contributed by atoms with E-state index in [-0.39, 0.29) is 6.42 Å². The summed E-state index contributed by atoms with van der Waals surface area (Å²) in [6, 6.07) is -1.12. The van der Waals surface area contributed by atoms with Gasteiger partial charge in [0, 0.05) is 0 Å². The summed E-state index contributed by atoms with van der Waals surface area (Å²) in [5.41, 5.74) is 0. The Bertz CT molecular complexity index is 1040. The number of hydrogen-bond acceptors (Lipinski definition) is 11. The molecule has 1 rings (SSSR count). The molecule has 0 radical (unpaired) electrons. The summed E-state index contributed by atoms with van der Waals surface area (Å²) in [6.45, 7) is 3.04. The van der Waals surface area contributed by atoms with E-state index in [1.807, 2.05) is 0 Å². The summed E-state index contributed by atoms with van der Waals surface area (Å²) in [7, 11) is -5.11. The maximum absolute atomic E-state index is 12.9. The van der Waals surface area contributed by atoms with E-state index in [0.29, 0.717) is 12.8 Å². The third-order valence-corrected chi connectivity index (χ3v) is 9.55. The summed E-state index contributed by atoms with van der Waals surface area (Å²) in [6.07, 6.45) is 17.8. The van der Waals surface area contributed by atoms with Crippen molar-refractivity contribution in [3.05, 3.63) is 24.3 Å². The van der Waals surface area contributed by atoms with Gasteiger partial charge in [0.1, 0.15) is 30.5 Å². The van der Waals surface area contributed by atoms with Gasteiger partial charge >= 0.3 is 10.4 Å². The average molecular weight is 752 g/mol. The van der Waals surface area contributed by atoms with E-state index in [4.69, 9.17) is 14.0 Å². The third-order valence-electron chi connectivity index (χ3n) is 9.08. The van der Waals surface area contributed by atoms with E-state index in [0.717, 1.165) is 51.4 Å². The molecule has 0 aromatic rings. The topological polar surface area (TPSA) is 212 Å². The SMILES string of the molecule is CCCCC/C=C/C(O)C(COC1OC(CO)C(O)C(OS(=O)(=O)O)C1O)NC(=O)C(O)CCCCCC/C=C\CCCCCCCCCCC. The van der Waals surface area contributed by atoms with Crippen molar-refractivity contribution in [2.75, 3.05) is 13.2 Å². The Morgan fingerprint density at radius 3 is 1.86 bits per heavy atom. The molecule has 7 N–H and O–H groups in total. The normalized spacial score (nSPS) is 23.2. The van der Waals surface area contributed by atoms with E-state index in [1.165, 1.54) is 63.9 Å². The van der Waals surface area contributed by atoms with Gasteiger partial charge in [-0.3, -0.25) is 9.35 Å². The van der Waals surface area contributed by atoms with Gasteiger partial charge in [-0.2, -0.15) is 8.42 Å². The minimum Gasteiger partial charge on any atom is -0.394 e. The van der Waals surface area contributed by atoms with Crippen molar-refractivity contribution < 1.29 is 57.0 Å². The van der Waals surface area contributed by atoms with Crippen LogP contribution >= 0.6 is 0 Å². The van der Waals surface area contributed by atoms with Gasteiger partial charge in [-0.05, 0) is 44.9 Å². The number of hydrogen-bond donors (Lipinski definition) is 7. The van der Waals surface area contributed by atoms with Gasteiger partial charge in [-0.25, -0.2) is 4.18 Å². The molecule has 13 nitrogen and oxygen atoms in total. The number of rotatable bonds is 31. The molecule has 8 unspecified atom stereocenters. The zero-order valence-electron chi connectivity index (χ0n) is 31.0. The largest absolute Gasteiger partial charge is 0.397 e. The van der Waals surface area contributed by atoms with Gasteiger partial charge < -0.3 is 40.3 Å². The maximum Gasteiger partial charge on any atom is 0.397 e. The van der Waals surface area contributed by atoms with Gasteiger partial charge in [0.15, 0.2) is 6.29 Å². The summed E-state index contributed by atoms with van der Waals surface area (Å²) < 4.78 is 47.0. The van der Waals surface area contributed by atoms with E-state index in [1.54, 1.807) is 6.08 Å². The predicted molar refractivity (Wildman–Crippen MR) is 196 cm³/mol. The summed E-state index contributed by atoms with van der Waals surface area (Å²) in [5.74, 6) is -0.720. The average Bonchev–Trinajstić information content (AvgIpc) is 3.09. The van der Waals surface area contributed by atoms with Crippen molar-refractivity contribution in [1.29, 1.82) is 0 Å². The number of carbonyl (C=O) groups excluding carboxylic acids is 1. The van der Waals surface area contributed by atoms with Crippen LogP contribution in [-0.2, 0) is 28.9 Å². The molecule has 300 valence electrons. The smallest absolute Gasteiger partial charge is 0.394 e. The molecule has 51 heavy (non-hydrogen) atoms. The Labute approximate surface area is 306 Å². The van der Waals surface area contributed by atoms with Gasteiger partial charge in [-0.15, -0.1) is 0 Å². The van der Waals surface area contributed by atoms with E-state index >= 15 is 0 Å². The molecule has 1 aliphatic heterocycles. The first kappa shape index (κ1) is 47.6. The van der Waals surface area contributed by atoms with Gasteiger partial charge in [0.05, 0.1) is 25.4 Å². The summed E-state index contributed by atoms with van der Waals surface area (Å²) in [4.78, 5) is 12.9. The second kappa shape index (κ2) is 29.0. The van der Waals surface area contributed by atoms with Crippen molar-refractivity contribution in [1.82, 2.24) is 5.32 Å². The second-order valence-corrected chi connectivity index (χ2v) is 14.7. The number of carbonyl (C=O) groups is 1. The molecule has 0 aromatic carbocycles. The van der Waals surface area contributed by atoms with Crippen LogP contribution in [0.4, 0.5) is 0 Å². The minimum atomic E-state index is -5.11. The zero-order chi connectivity index (χ0) is 37.9. The zero-order valence-corrected chi connectivity index (χ0v) is 31.8. The lowest BCUT2D eigenvalue weighted by molar-refractivity contribution is -0.298. The van der Waals surface area contributed by atoms with Crippen molar-refractivity contribution in [2.24, 2.45) is 0 Å². The van der Waals surface area contributed by atoms with Crippen LogP contribution in [0, 0.1) is 0 Å². The highest BCUT2D eigenvalue weighted by atomic mass is 32.3. The number of nitrogens with one attached hydrogen (secondary N) is 1. The highest BCUT2D eigenvalue weighted by molar-refractivity contribution is 7.80. The minimum absolute atomic E-state index is 0.228. The fourth-order valence-electron chi connectivity index (χ4n) is 5.92. The van der Waals surface area contributed by atoms with Crippen molar-refractivity contribution >= 4 is 16.3 Å². The van der Waals surface area contributed by atoms with E-state index in [2.05, 4.69) is 35.5 Å². The van der Waals surface area contributed by atoms with Gasteiger partial charge in [0.25, 0.3) is 0 Å². The lowest BCUT2D eigenvalue weighted by atomic mass is 9.99. The number of unbranched alkanes of at least 4 members (excludes halogenated alkanes) is 16. The molecule has 0 spiro atoms. The van der Waals surface area contributed by atoms with Crippen LogP contribution in [0.1, 0.15) is 142 Å². The Balaban J connectivity index is 2.54. The van der Waals surface area contributed by atoms with Crippen LogP contribution in [0.5, 0.6) is 0 Å². The molecule has 1 saturated heterocycles. The van der Waals surface area contributed by atoms with Crippen molar-refractivity contribution in [3.8, 4) is 0 Å². The Morgan fingerprint density at radius 2 is 1.29 bits per heavy atom. The Hall–Kier alpha value is -1.46. The first-order valence-electron chi connectivity index (χ1n) is 19.3. The molecule has 1 heterocycles. The van der Waals surface area contributed by atoms with E-state index < -0.39 is 78.5 Å². The van der Waals surface area contributed by atoms with Gasteiger partial charge in [-0.1, -0.05) is 122 Å². The van der Waals surface area contributed by atoms with Crippen LogP contribution < -0.4 is 5.32 Å². The van der Waals surface area contributed by atoms with Crippen LogP contribution in [-0.4, -0.2) is 107 Å². The van der Waals surface area contributed by atoms with Crippen LogP contribution in [0.15, 0.2) is 24.3 Å². The van der Waals surface area contributed by atoms with Gasteiger partial charge in [0.2, 0.25) is 5.91 Å². The molecule has 14 heteroatoms. The number of aliphatic hydroxyl groups is 5. The number of ether oxygens (including phenoxy) is 2. The van der Waals surface area contributed by atoms with Crippen LogP contribution in [0.2, 0.25) is 0 Å². The summed E-state index contributed by atoms with van der Waals surface area (Å²) in [5, 5.41) is 54.5. The molecular weight excluding hydrogens is 682 g/mol. The molecule has 1 aliphatic rings. The monoisotopic (exact) mass is 751 g/mol. The number of allylic oxidation sites excluding steroid dienone is 3. The first-order valence-corrected chi connectivity index (χ1v) is 20.7. The molecule has 8 atom stereocenters. The van der Waals surface area contributed by atoms with E-state index in [9.17, 15) is 38.7 Å². The Kier molecular flexibility index (Phi) is 27.0. The quantitative estimate of drug-likeness (QED) is 0.0290. The lowest BCUT2D eigenvalue weighted by Gasteiger charge is -2.41. The lowest BCUT2D eigenvalue weighted by Crippen LogP contribution is -2.61. The first-order chi connectivity index (χ1) is 24.4. The summed E-state index contributed by atoms with van der Waals surface area (Å²) >= 11 is 0. The van der Waals surface area contributed by atoms with Crippen molar-refractivity contribution in [3.63, 3.8) is 0 Å². The Morgan fingerprint density at radius 1 is 0.784 bits per heavy atom. The standard InChI is InChI=1S/C37H69NO12S/c1-3-5-7-9-10-11-12-13-14-15-16-17-18-19-20-22-24-26-31(41)36(44)38-29(30(40)25-23-21-8-6-4-2)28-48-37-34(43)35(50-51(45,46)47)33(42)32(27-39)49-37/h16-17,23,25,29-35,37,39-43H,3-15,18-22,24,26-28H2,1-2H3,(H,38,44)(H,45,46,47)/b17-16-,25-23+. The van der Waals surface area contributed by atoms with Crippen molar-refractivity contribution in [2.45, 2.75) is 191 Å². The molecule has 0 aromatic heterocycles. The fraction of sp³-hybridized carbons (Fsp3) is 0.865. The number of amides is 1. The molecule has 0 bridgehead atoms. The molecule has 0 saturated carbocycles. The third kappa shape index (κ3) is 22.4. The fourth-order valence-corrected chi connectivity index (χ4v) is 6.43. The van der Waals surface area contributed by atoms with Crippen LogP contribution in [0.25, 0.3) is 0 Å². The molecule has 1 amide bonds. The second-order valence-electron chi connectivity index (χ2n) is 13.7. The molecule has 1 fully saturated rings. The highest BCUT2D eigenvalue weighted by Crippen LogP contribution is 2.26. The number of aliphatic hydroxyl groups excluding tert-OH is 5. The molecule has 0 aliphatic carbocycles. The molecular formula is C37H69NO12S.